The molecule has 3 aromatic rings. The zero-order valence-electron chi connectivity index (χ0n) is 20.1. The van der Waals surface area contributed by atoms with Gasteiger partial charge in [-0.1, -0.05) is 13.8 Å². The topological polar surface area (TPSA) is 105 Å². The van der Waals surface area contributed by atoms with Crippen LogP contribution in [0.25, 0.3) is 22.3 Å². The van der Waals surface area contributed by atoms with Crippen molar-refractivity contribution in [3.8, 4) is 17.1 Å². The van der Waals surface area contributed by atoms with E-state index in [0.717, 1.165) is 47.1 Å². The fourth-order valence-electron chi connectivity index (χ4n) is 5.95. The van der Waals surface area contributed by atoms with Crippen LogP contribution in [0.2, 0.25) is 0 Å². The number of pyridine rings is 2. The second kappa shape index (κ2) is 7.90. The van der Waals surface area contributed by atoms with E-state index in [-0.39, 0.29) is 24.3 Å². The molecule has 0 spiro atoms. The molecule has 1 aromatic carbocycles. The molecule has 3 aliphatic heterocycles. The van der Waals surface area contributed by atoms with Crippen LogP contribution >= 0.6 is 0 Å². The average molecular weight is 476 g/mol. The summed E-state index contributed by atoms with van der Waals surface area (Å²) in [4.78, 5) is 33.2. The largest absolute Gasteiger partial charge is 0.508 e. The third-order valence-electron chi connectivity index (χ3n) is 7.95. The Balaban J connectivity index is 1.56. The number of nitrogens with zero attached hydrogens (tertiary/aromatic N) is 3. The van der Waals surface area contributed by atoms with Crippen molar-refractivity contribution in [1.29, 1.82) is 0 Å². The second-order valence-corrected chi connectivity index (χ2v) is 9.86. The predicted molar refractivity (Wildman–Crippen MR) is 130 cm³/mol. The maximum absolute atomic E-state index is 13.5. The van der Waals surface area contributed by atoms with Crippen LogP contribution in [0, 0.1) is 0 Å². The Morgan fingerprint density at radius 2 is 1.89 bits per heavy atom. The number of ether oxygens (including phenoxy) is 1. The Labute approximate surface area is 202 Å². The summed E-state index contributed by atoms with van der Waals surface area (Å²) in [5.74, 6) is -0.453. The lowest BCUT2D eigenvalue weighted by atomic mass is 9.86. The number of aliphatic hydroxyl groups is 1. The van der Waals surface area contributed by atoms with Crippen LogP contribution in [-0.4, -0.2) is 43.7 Å². The third-order valence-corrected chi connectivity index (χ3v) is 7.95. The van der Waals surface area contributed by atoms with E-state index in [4.69, 9.17) is 9.72 Å². The summed E-state index contributed by atoms with van der Waals surface area (Å²) in [6, 6.07) is 5.52. The minimum Gasteiger partial charge on any atom is -0.508 e. The smallest absolute Gasteiger partial charge is 0.343 e. The number of benzene rings is 1. The summed E-state index contributed by atoms with van der Waals surface area (Å²) in [5.41, 5.74) is 3.45. The molecule has 1 atom stereocenters. The summed E-state index contributed by atoms with van der Waals surface area (Å²) in [5, 5.41) is 22.8. The number of esters is 1. The van der Waals surface area contributed by atoms with Gasteiger partial charge in [0.1, 0.15) is 12.4 Å². The van der Waals surface area contributed by atoms with Crippen LogP contribution in [-0.2, 0) is 41.2 Å². The van der Waals surface area contributed by atoms with Crippen molar-refractivity contribution in [3.63, 3.8) is 0 Å². The van der Waals surface area contributed by atoms with Gasteiger partial charge in [-0.05, 0) is 62.5 Å². The van der Waals surface area contributed by atoms with Crippen LogP contribution in [0.5, 0.6) is 5.75 Å². The summed E-state index contributed by atoms with van der Waals surface area (Å²) in [6.07, 6.45) is 3.18. The first-order valence-corrected chi connectivity index (χ1v) is 12.4. The zero-order valence-corrected chi connectivity index (χ0v) is 20.1. The molecule has 0 aliphatic carbocycles. The normalized spacial score (nSPS) is 21.2. The Kier molecular flexibility index (Phi) is 5.02. The van der Waals surface area contributed by atoms with Gasteiger partial charge in [0.15, 0.2) is 5.60 Å². The van der Waals surface area contributed by atoms with Crippen LogP contribution < -0.4 is 5.56 Å². The van der Waals surface area contributed by atoms with E-state index in [1.165, 1.54) is 12.8 Å². The molecule has 3 aliphatic rings. The van der Waals surface area contributed by atoms with Crippen molar-refractivity contribution in [1.82, 2.24) is 14.5 Å². The fourth-order valence-corrected chi connectivity index (χ4v) is 5.95. The van der Waals surface area contributed by atoms with Gasteiger partial charge in [-0.25, -0.2) is 9.78 Å². The molecule has 8 nitrogen and oxygen atoms in total. The standard InChI is InChI=1S/C27H29N3O5/c1-3-16-17-10-23(31)15(12-29-7-5-6-8-29)9-21(17)28-24-18(16)13-30-22(24)11-20-19(25(30)32)14-35-26(33)27(20,34)4-2/h9-11,31,34H,3-8,12-14H2,1-2H3/t27-/m0/s1. The van der Waals surface area contributed by atoms with E-state index in [1.54, 1.807) is 17.6 Å². The first-order chi connectivity index (χ1) is 16.9. The van der Waals surface area contributed by atoms with Gasteiger partial charge in [-0.3, -0.25) is 9.69 Å². The molecule has 182 valence electrons. The van der Waals surface area contributed by atoms with Crippen LogP contribution in [0.1, 0.15) is 60.9 Å². The van der Waals surface area contributed by atoms with Crippen molar-refractivity contribution in [2.45, 2.75) is 64.8 Å². The molecular formula is C27H29N3O5. The predicted octanol–water partition coefficient (Wildman–Crippen LogP) is 2.94. The number of hydrogen-bond donors (Lipinski definition) is 2. The van der Waals surface area contributed by atoms with Crippen LogP contribution in [0.4, 0.5) is 0 Å². The molecule has 1 saturated heterocycles. The molecule has 8 heteroatoms. The highest BCUT2D eigenvalue weighted by molar-refractivity contribution is 5.90. The van der Waals surface area contributed by atoms with Crippen molar-refractivity contribution >= 4 is 16.9 Å². The van der Waals surface area contributed by atoms with Gasteiger partial charge < -0.3 is 19.5 Å². The van der Waals surface area contributed by atoms with Gasteiger partial charge in [0, 0.05) is 28.6 Å². The number of fused-ring (bicyclic) bond motifs is 5. The molecule has 2 N–H and O–H groups in total. The highest BCUT2D eigenvalue weighted by Crippen LogP contribution is 2.41. The number of hydrogen-bond acceptors (Lipinski definition) is 7. The van der Waals surface area contributed by atoms with E-state index in [1.807, 2.05) is 12.1 Å². The number of aryl methyl sites for hydroxylation is 1. The van der Waals surface area contributed by atoms with E-state index in [2.05, 4.69) is 11.8 Å². The Morgan fingerprint density at radius 3 is 2.60 bits per heavy atom. The number of likely N-dealkylation sites (tertiary alicyclic amines) is 1. The minimum absolute atomic E-state index is 0.110. The first kappa shape index (κ1) is 22.2. The number of carbonyl (C=O) groups is 1. The van der Waals surface area contributed by atoms with Gasteiger partial charge in [0.25, 0.3) is 5.56 Å². The van der Waals surface area contributed by atoms with Gasteiger partial charge in [0.05, 0.1) is 29.0 Å². The van der Waals surface area contributed by atoms with Crippen molar-refractivity contribution in [3.05, 3.63) is 56.4 Å². The van der Waals surface area contributed by atoms with Crippen molar-refractivity contribution < 1.29 is 19.7 Å². The molecule has 5 heterocycles. The lowest BCUT2D eigenvalue weighted by Crippen LogP contribution is -2.44. The summed E-state index contributed by atoms with van der Waals surface area (Å²) in [7, 11) is 0. The fraction of sp³-hybridized carbons (Fsp3) is 0.444. The molecule has 0 amide bonds. The summed E-state index contributed by atoms with van der Waals surface area (Å²) in [6.45, 7) is 6.71. The van der Waals surface area contributed by atoms with Crippen LogP contribution in [0.15, 0.2) is 23.0 Å². The number of aromatic nitrogens is 2. The molecule has 1 fully saturated rings. The van der Waals surface area contributed by atoms with E-state index in [0.29, 0.717) is 35.6 Å². The zero-order chi connectivity index (χ0) is 24.5. The molecule has 0 unspecified atom stereocenters. The molecular weight excluding hydrogens is 446 g/mol. The first-order valence-electron chi connectivity index (χ1n) is 12.4. The highest BCUT2D eigenvalue weighted by Gasteiger charge is 2.45. The van der Waals surface area contributed by atoms with Gasteiger partial charge in [-0.2, -0.15) is 0 Å². The van der Waals surface area contributed by atoms with Crippen molar-refractivity contribution in [2.24, 2.45) is 0 Å². The second-order valence-electron chi connectivity index (χ2n) is 9.86. The molecule has 0 bridgehead atoms. The van der Waals surface area contributed by atoms with Gasteiger partial charge >= 0.3 is 5.97 Å². The molecule has 0 radical (unpaired) electrons. The molecule has 35 heavy (non-hydrogen) atoms. The highest BCUT2D eigenvalue weighted by atomic mass is 16.6. The monoisotopic (exact) mass is 475 g/mol. The third kappa shape index (κ3) is 3.16. The average Bonchev–Trinajstić information content (AvgIpc) is 3.49. The molecule has 0 saturated carbocycles. The number of phenolic OH excluding ortho intramolecular Hbond substituents is 1. The number of carbonyl (C=O) groups excluding carboxylic acids is 1. The Bertz CT molecular complexity index is 1450. The SMILES string of the molecule is CCc1c2c(nc3cc(CN4CCCC4)c(O)cc13)-c1cc3c(c(=O)n1C2)COC(=O)[C@]3(O)CC. The number of aromatic hydroxyl groups is 1. The van der Waals surface area contributed by atoms with E-state index < -0.39 is 11.6 Å². The van der Waals surface area contributed by atoms with Crippen molar-refractivity contribution in [2.75, 3.05) is 13.1 Å². The number of phenols is 1. The van der Waals surface area contributed by atoms with Gasteiger partial charge in [-0.15, -0.1) is 0 Å². The lowest BCUT2D eigenvalue weighted by molar-refractivity contribution is -0.172. The summed E-state index contributed by atoms with van der Waals surface area (Å²) >= 11 is 0. The Hall–Kier alpha value is -3.23. The van der Waals surface area contributed by atoms with E-state index >= 15 is 0 Å². The van der Waals surface area contributed by atoms with E-state index in [9.17, 15) is 19.8 Å². The maximum Gasteiger partial charge on any atom is 0.343 e. The number of cyclic esters (lactones) is 1. The minimum atomic E-state index is -1.84. The Morgan fingerprint density at radius 1 is 1.11 bits per heavy atom. The van der Waals surface area contributed by atoms with Crippen LogP contribution in [0.3, 0.4) is 0 Å². The molecule has 2 aromatic heterocycles. The lowest BCUT2D eigenvalue weighted by Gasteiger charge is -2.31. The summed E-state index contributed by atoms with van der Waals surface area (Å²) < 4.78 is 6.83. The van der Waals surface area contributed by atoms with Gasteiger partial charge in [0.2, 0.25) is 0 Å². The molecule has 6 rings (SSSR count). The number of rotatable bonds is 4. The maximum atomic E-state index is 13.5. The quantitative estimate of drug-likeness (QED) is 0.437.